The molecular weight excluding hydrogens is 364 g/mol. The molecule has 0 atom stereocenters. The number of hydrogen-bond acceptors (Lipinski definition) is 5. The standard InChI is InChI=1S/C19H20N4O3S/c1-14-21-19(23-22-14)27(25,26)13-16-8-5-9-17(12-16)18(24)20-11-10-15-6-3-2-4-7-15/h2-9,12H,10-11,13H2,1H3,(H,20,24)(H,21,22,23). The van der Waals surface area contributed by atoms with Gasteiger partial charge in [0.25, 0.3) is 11.1 Å². The molecule has 0 aliphatic carbocycles. The van der Waals surface area contributed by atoms with E-state index in [1.807, 2.05) is 30.3 Å². The van der Waals surface area contributed by atoms with Gasteiger partial charge in [0, 0.05) is 12.1 Å². The molecule has 3 rings (SSSR count). The van der Waals surface area contributed by atoms with Crippen LogP contribution in [0, 0.1) is 6.92 Å². The molecule has 0 radical (unpaired) electrons. The lowest BCUT2D eigenvalue weighted by Crippen LogP contribution is -2.25. The third-order valence-corrected chi connectivity index (χ3v) is 5.40. The number of hydrogen-bond donors (Lipinski definition) is 2. The lowest BCUT2D eigenvalue weighted by molar-refractivity contribution is 0.0954. The van der Waals surface area contributed by atoms with Crippen LogP contribution in [0.5, 0.6) is 0 Å². The fourth-order valence-corrected chi connectivity index (χ4v) is 3.82. The first-order valence-corrected chi connectivity index (χ1v) is 10.1. The summed E-state index contributed by atoms with van der Waals surface area (Å²) in [6, 6.07) is 16.4. The largest absolute Gasteiger partial charge is 0.352 e. The van der Waals surface area contributed by atoms with Gasteiger partial charge in [-0.2, -0.15) is 0 Å². The Morgan fingerprint density at radius 1 is 1.07 bits per heavy atom. The number of aromatic nitrogens is 3. The molecule has 1 aromatic heterocycles. The fraction of sp³-hybridized carbons (Fsp3) is 0.211. The Hall–Kier alpha value is -3.00. The maximum absolute atomic E-state index is 12.4. The van der Waals surface area contributed by atoms with Crippen molar-refractivity contribution in [3.63, 3.8) is 0 Å². The number of nitrogens with one attached hydrogen (secondary N) is 2. The van der Waals surface area contributed by atoms with Gasteiger partial charge in [0.1, 0.15) is 5.82 Å². The zero-order chi connectivity index (χ0) is 19.3. The van der Waals surface area contributed by atoms with E-state index in [0.29, 0.717) is 23.5 Å². The van der Waals surface area contributed by atoms with Crippen LogP contribution >= 0.6 is 0 Å². The molecule has 8 heteroatoms. The number of carbonyl (C=O) groups excluding carboxylic acids is 1. The average Bonchev–Trinajstić information content (AvgIpc) is 3.10. The Kier molecular flexibility index (Phi) is 5.66. The van der Waals surface area contributed by atoms with E-state index in [1.54, 1.807) is 31.2 Å². The highest BCUT2D eigenvalue weighted by atomic mass is 32.2. The molecule has 1 heterocycles. The molecule has 0 spiro atoms. The van der Waals surface area contributed by atoms with Gasteiger partial charge in [-0.15, -0.1) is 5.10 Å². The van der Waals surface area contributed by atoms with E-state index in [-0.39, 0.29) is 16.8 Å². The van der Waals surface area contributed by atoms with Gasteiger partial charge in [-0.1, -0.05) is 42.5 Å². The molecule has 7 nitrogen and oxygen atoms in total. The summed E-state index contributed by atoms with van der Waals surface area (Å²) in [5.74, 6) is -0.0749. The summed E-state index contributed by atoms with van der Waals surface area (Å²) in [6.07, 6.45) is 0.727. The van der Waals surface area contributed by atoms with Crippen LogP contribution in [0.2, 0.25) is 0 Å². The van der Waals surface area contributed by atoms with Crippen molar-refractivity contribution in [2.24, 2.45) is 0 Å². The molecule has 1 amide bonds. The Balaban J connectivity index is 1.63. The summed E-state index contributed by atoms with van der Waals surface area (Å²) in [5, 5.41) is 8.85. The summed E-state index contributed by atoms with van der Waals surface area (Å²) in [6.45, 7) is 2.13. The third kappa shape index (κ3) is 5.01. The number of benzene rings is 2. The van der Waals surface area contributed by atoms with Gasteiger partial charge in [0.2, 0.25) is 9.84 Å². The van der Waals surface area contributed by atoms with Crippen molar-refractivity contribution in [3.05, 3.63) is 77.1 Å². The fourth-order valence-electron chi connectivity index (χ4n) is 2.61. The van der Waals surface area contributed by atoms with Gasteiger partial charge >= 0.3 is 0 Å². The van der Waals surface area contributed by atoms with Crippen LogP contribution < -0.4 is 5.32 Å². The number of aryl methyl sites for hydroxylation is 1. The van der Waals surface area contributed by atoms with E-state index in [4.69, 9.17) is 0 Å². The molecule has 0 aliphatic rings. The third-order valence-electron chi connectivity index (χ3n) is 3.94. The van der Waals surface area contributed by atoms with E-state index in [9.17, 15) is 13.2 Å². The smallest absolute Gasteiger partial charge is 0.267 e. The maximum atomic E-state index is 12.4. The first kappa shape index (κ1) is 18.8. The SMILES string of the molecule is Cc1nc(S(=O)(=O)Cc2cccc(C(=O)NCCc3ccccc3)c2)n[nH]1. The van der Waals surface area contributed by atoms with Crippen molar-refractivity contribution < 1.29 is 13.2 Å². The zero-order valence-electron chi connectivity index (χ0n) is 14.8. The van der Waals surface area contributed by atoms with Crippen molar-refractivity contribution in [2.75, 3.05) is 6.54 Å². The van der Waals surface area contributed by atoms with Crippen molar-refractivity contribution in [2.45, 2.75) is 24.3 Å². The number of aromatic amines is 1. The molecule has 0 bridgehead atoms. The van der Waals surface area contributed by atoms with E-state index >= 15 is 0 Å². The summed E-state index contributed by atoms with van der Waals surface area (Å²) >= 11 is 0. The zero-order valence-corrected chi connectivity index (χ0v) is 15.7. The maximum Gasteiger partial charge on any atom is 0.267 e. The van der Waals surface area contributed by atoms with Gasteiger partial charge in [0.15, 0.2) is 0 Å². The topological polar surface area (TPSA) is 105 Å². The highest BCUT2D eigenvalue weighted by Crippen LogP contribution is 2.14. The molecule has 2 aromatic carbocycles. The molecule has 0 saturated carbocycles. The molecular formula is C19H20N4O3S. The number of H-pyrrole nitrogens is 1. The van der Waals surface area contributed by atoms with Crippen molar-refractivity contribution in [3.8, 4) is 0 Å². The van der Waals surface area contributed by atoms with Gasteiger partial charge in [-0.3, -0.25) is 9.89 Å². The second-order valence-corrected chi connectivity index (χ2v) is 8.04. The van der Waals surface area contributed by atoms with E-state index in [2.05, 4.69) is 20.5 Å². The van der Waals surface area contributed by atoms with E-state index < -0.39 is 9.84 Å². The molecule has 3 aromatic rings. The average molecular weight is 384 g/mol. The van der Waals surface area contributed by atoms with Crippen LogP contribution in [0.3, 0.4) is 0 Å². The quantitative estimate of drug-likeness (QED) is 0.649. The summed E-state index contributed by atoms with van der Waals surface area (Å²) in [5.41, 5.74) is 2.06. The number of nitrogens with zero attached hydrogens (tertiary/aromatic N) is 2. The minimum atomic E-state index is -3.67. The second-order valence-electron chi connectivity index (χ2n) is 6.15. The molecule has 2 N–H and O–H groups in total. The molecule has 0 unspecified atom stereocenters. The van der Waals surface area contributed by atoms with Crippen molar-refractivity contribution in [1.29, 1.82) is 0 Å². The monoisotopic (exact) mass is 384 g/mol. The molecule has 0 aliphatic heterocycles. The molecule has 0 saturated heterocycles. The van der Waals surface area contributed by atoms with Gasteiger partial charge in [0.05, 0.1) is 5.75 Å². The minimum Gasteiger partial charge on any atom is -0.352 e. The molecule has 27 heavy (non-hydrogen) atoms. The van der Waals surface area contributed by atoms with E-state index in [0.717, 1.165) is 12.0 Å². The Bertz CT molecular complexity index is 1030. The van der Waals surface area contributed by atoms with Crippen LogP contribution in [0.25, 0.3) is 0 Å². The summed E-state index contributed by atoms with van der Waals surface area (Å²) in [7, 11) is -3.67. The lowest BCUT2D eigenvalue weighted by atomic mass is 10.1. The van der Waals surface area contributed by atoms with Crippen LogP contribution in [0.15, 0.2) is 59.8 Å². The Morgan fingerprint density at radius 2 is 1.81 bits per heavy atom. The van der Waals surface area contributed by atoms with Crippen LogP contribution in [0.4, 0.5) is 0 Å². The van der Waals surface area contributed by atoms with Crippen LogP contribution in [-0.4, -0.2) is 36.1 Å². The van der Waals surface area contributed by atoms with Gasteiger partial charge in [-0.25, -0.2) is 13.4 Å². The highest BCUT2D eigenvalue weighted by Gasteiger charge is 2.20. The number of amides is 1. The predicted molar refractivity (Wildman–Crippen MR) is 101 cm³/mol. The molecule has 0 fully saturated rings. The van der Waals surface area contributed by atoms with E-state index in [1.165, 1.54) is 0 Å². The van der Waals surface area contributed by atoms with Crippen LogP contribution in [-0.2, 0) is 22.0 Å². The van der Waals surface area contributed by atoms with Gasteiger partial charge in [-0.05, 0) is 36.6 Å². The lowest BCUT2D eigenvalue weighted by Gasteiger charge is -2.07. The number of carbonyl (C=O) groups is 1. The first-order valence-electron chi connectivity index (χ1n) is 8.47. The predicted octanol–water partition coefficient (Wildman–Crippen LogP) is 2.06. The van der Waals surface area contributed by atoms with Gasteiger partial charge < -0.3 is 5.32 Å². The van der Waals surface area contributed by atoms with Crippen LogP contribution in [0.1, 0.15) is 27.3 Å². The van der Waals surface area contributed by atoms with Crippen molar-refractivity contribution >= 4 is 15.7 Å². The summed E-state index contributed by atoms with van der Waals surface area (Å²) in [4.78, 5) is 16.2. The second kappa shape index (κ2) is 8.13. The minimum absolute atomic E-state index is 0.237. The summed E-state index contributed by atoms with van der Waals surface area (Å²) < 4.78 is 24.8. The first-order chi connectivity index (χ1) is 12.9. The number of sulfone groups is 1. The Labute approximate surface area is 157 Å². The Morgan fingerprint density at radius 3 is 2.52 bits per heavy atom. The molecule has 140 valence electrons. The normalized spacial score (nSPS) is 11.3. The van der Waals surface area contributed by atoms with Crippen molar-refractivity contribution in [1.82, 2.24) is 20.5 Å². The highest BCUT2D eigenvalue weighted by molar-refractivity contribution is 7.90. The number of rotatable bonds is 7.